The van der Waals surface area contributed by atoms with Crippen LogP contribution in [0.25, 0.3) is 0 Å². The molecular weight excluding hydrogens is 372 g/mol. The number of pyridine rings is 1. The number of imidazole rings is 1. The molecule has 1 saturated heterocycles. The lowest BCUT2D eigenvalue weighted by molar-refractivity contribution is -0.129. The van der Waals surface area contributed by atoms with Gasteiger partial charge in [-0.2, -0.15) is 0 Å². The average Bonchev–Trinajstić information content (AvgIpc) is 3.22. The first-order chi connectivity index (χ1) is 13.8. The average molecular weight is 395 g/mol. The van der Waals surface area contributed by atoms with E-state index in [2.05, 4.69) is 30.6 Å². The van der Waals surface area contributed by atoms with Gasteiger partial charge in [-0.15, -0.1) is 0 Å². The Hall–Kier alpha value is -2.74. The molecule has 1 fully saturated rings. The number of hydrogen-bond donors (Lipinski definition) is 0. The normalized spacial score (nSPS) is 16.9. The van der Waals surface area contributed by atoms with Crippen LogP contribution in [0, 0.1) is 0 Å². The molecule has 144 valence electrons. The van der Waals surface area contributed by atoms with Crippen molar-refractivity contribution in [3.8, 4) is 0 Å². The number of nitrogens with zero attached hydrogens (tertiary/aromatic N) is 6. The molecule has 0 saturated carbocycles. The molecule has 7 nitrogen and oxygen atoms in total. The summed E-state index contributed by atoms with van der Waals surface area (Å²) in [5.74, 6) is 1.79. The van der Waals surface area contributed by atoms with Crippen molar-refractivity contribution in [1.29, 1.82) is 0 Å². The lowest BCUT2D eigenvalue weighted by atomic mass is 9.97. The molecule has 3 aromatic rings. The van der Waals surface area contributed by atoms with Crippen molar-refractivity contribution in [2.75, 3.05) is 18.8 Å². The van der Waals surface area contributed by atoms with E-state index < -0.39 is 0 Å². The van der Waals surface area contributed by atoms with Crippen molar-refractivity contribution in [3.63, 3.8) is 0 Å². The van der Waals surface area contributed by atoms with Crippen molar-refractivity contribution in [3.05, 3.63) is 66.8 Å². The Morgan fingerprint density at radius 3 is 2.86 bits per heavy atom. The van der Waals surface area contributed by atoms with Gasteiger partial charge in [0.05, 0.1) is 12.3 Å². The second-order valence-electron chi connectivity index (χ2n) is 6.77. The summed E-state index contributed by atoms with van der Waals surface area (Å²) in [7, 11) is 0. The lowest BCUT2D eigenvalue weighted by Gasteiger charge is -2.32. The Kier molecular flexibility index (Phi) is 5.96. The van der Waals surface area contributed by atoms with E-state index in [0.29, 0.717) is 17.5 Å². The third-order valence-electron chi connectivity index (χ3n) is 4.83. The summed E-state index contributed by atoms with van der Waals surface area (Å²) in [6.45, 7) is 2.25. The first-order valence-corrected chi connectivity index (χ1v) is 10.4. The molecule has 0 bridgehead atoms. The molecule has 0 aromatic carbocycles. The molecule has 0 aliphatic carbocycles. The van der Waals surface area contributed by atoms with Crippen LogP contribution >= 0.6 is 11.8 Å². The fourth-order valence-electron chi connectivity index (χ4n) is 3.49. The lowest BCUT2D eigenvalue weighted by Crippen LogP contribution is -2.40. The number of carbonyl (C=O) groups excluding carboxylic acids is 1. The van der Waals surface area contributed by atoms with E-state index in [4.69, 9.17) is 0 Å². The predicted octanol–water partition coefficient (Wildman–Crippen LogP) is 2.61. The van der Waals surface area contributed by atoms with Crippen LogP contribution in [-0.2, 0) is 11.3 Å². The smallest absolute Gasteiger partial charge is 0.233 e. The van der Waals surface area contributed by atoms with E-state index in [1.807, 2.05) is 29.6 Å². The summed E-state index contributed by atoms with van der Waals surface area (Å²) in [6.07, 6.45) is 12.9. The summed E-state index contributed by atoms with van der Waals surface area (Å²) in [4.78, 5) is 31.8. The Morgan fingerprint density at radius 1 is 1.14 bits per heavy atom. The zero-order valence-electron chi connectivity index (χ0n) is 15.5. The standard InChI is InChI=1S/C20H22N6OS/c27-18(15-28-20-23-7-3-8-24-20)25-10-2-5-17(14-25)19-22-9-11-26(19)13-16-4-1-6-21-12-16/h1,3-4,6-9,11-12,17H,2,5,10,13-15H2/t17-/m0/s1. The molecule has 8 heteroatoms. The highest BCUT2D eigenvalue weighted by atomic mass is 32.2. The van der Waals surface area contributed by atoms with Crippen molar-refractivity contribution in [1.82, 2.24) is 29.4 Å². The number of likely N-dealkylation sites (tertiary alicyclic amines) is 1. The Balaban J connectivity index is 1.39. The van der Waals surface area contributed by atoms with Gasteiger partial charge in [0.1, 0.15) is 5.82 Å². The SMILES string of the molecule is O=C(CSc1ncccn1)N1CCC[C@H](c2nccn2Cc2cccnc2)C1. The van der Waals surface area contributed by atoms with Crippen LogP contribution < -0.4 is 0 Å². The first-order valence-electron chi connectivity index (χ1n) is 9.37. The Bertz CT molecular complexity index is 901. The molecule has 0 radical (unpaired) electrons. The largest absolute Gasteiger partial charge is 0.341 e. The van der Waals surface area contributed by atoms with Gasteiger partial charge >= 0.3 is 0 Å². The fraction of sp³-hybridized carbons (Fsp3) is 0.350. The van der Waals surface area contributed by atoms with Crippen molar-refractivity contribution >= 4 is 17.7 Å². The molecular formula is C20H22N6OS. The number of carbonyl (C=O) groups is 1. The maximum absolute atomic E-state index is 12.7. The molecule has 3 aromatic heterocycles. The molecule has 1 aliphatic rings. The van der Waals surface area contributed by atoms with Gasteiger partial charge in [-0.25, -0.2) is 15.0 Å². The van der Waals surface area contributed by atoms with Crippen LogP contribution in [0.5, 0.6) is 0 Å². The molecule has 0 N–H and O–H groups in total. The molecule has 1 atom stereocenters. The zero-order chi connectivity index (χ0) is 19.2. The molecule has 4 heterocycles. The fourth-order valence-corrected chi connectivity index (χ4v) is 4.20. The maximum Gasteiger partial charge on any atom is 0.233 e. The van der Waals surface area contributed by atoms with E-state index >= 15 is 0 Å². The number of hydrogen-bond acceptors (Lipinski definition) is 6. The van der Waals surface area contributed by atoms with Crippen LogP contribution in [0.1, 0.15) is 30.1 Å². The molecule has 4 rings (SSSR count). The van der Waals surface area contributed by atoms with Crippen LogP contribution in [0.4, 0.5) is 0 Å². The predicted molar refractivity (Wildman–Crippen MR) is 107 cm³/mol. The summed E-state index contributed by atoms with van der Waals surface area (Å²) < 4.78 is 2.17. The monoisotopic (exact) mass is 394 g/mol. The quantitative estimate of drug-likeness (QED) is 0.472. The van der Waals surface area contributed by atoms with Gasteiger partial charge in [0.2, 0.25) is 5.91 Å². The van der Waals surface area contributed by atoms with Crippen LogP contribution in [0.3, 0.4) is 0 Å². The summed E-state index contributed by atoms with van der Waals surface area (Å²) in [6, 6.07) is 5.78. The van der Waals surface area contributed by atoms with Gasteiger partial charge < -0.3 is 9.47 Å². The molecule has 1 amide bonds. The summed E-state index contributed by atoms with van der Waals surface area (Å²) in [5, 5.41) is 0.636. The van der Waals surface area contributed by atoms with Gasteiger partial charge in [-0.1, -0.05) is 17.8 Å². The second kappa shape index (κ2) is 8.97. The summed E-state index contributed by atoms with van der Waals surface area (Å²) in [5.41, 5.74) is 1.14. The van der Waals surface area contributed by atoms with Crippen LogP contribution in [0.15, 0.2) is 60.5 Å². The molecule has 28 heavy (non-hydrogen) atoms. The highest BCUT2D eigenvalue weighted by Gasteiger charge is 2.27. The number of amides is 1. The van der Waals surface area contributed by atoms with Crippen LogP contribution in [0.2, 0.25) is 0 Å². The maximum atomic E-state index is 12.7. The topological polar surface area (TPSA) is 76.8 Å². The van der Waals surface area contributed by atoms with E-state index in [0.717, 1.165) is 37.3 Å². The Morgan fingerprint density at radius 2 is 2.04 bits per heavy atom. The minimum absolute atomic E-state index is 0.132. The third-order valence-corrected chi connectivity index (χ3v) is 5.69. The summed E-state index contributed by atoms with van der Waals surface area (Å²) >= 11 is 1.38. The van der Waals surface area contributed by atoms with Gasteiger partial charge in [0.25, 0.3) is 0 Å². The number of rotatable bonds is 6. The van der Waals surface area contributed by atoms with Gasteiger partial charge in [0, 0.05) is 56.2 Å². The van der Waals surface area contributed by atoms with E-state index in [1.165, 1.54) is 11.8 Å². The highest BCUT2D eigenvalue weighted by Crippen LogP contribution is 2.27. The minimum Gasteiger partial charge on any atom is -0.341 e. The van der Waals surface area contributed by atoms with Crippen LogP contribution in [-0.4, -0.2) is 54.2 Å². The second-order valence-corrected chi connectivity index (χ2v) is 7.72. The van der Waals surface area contributed by atoms with Gasteiger partial charge in [-0.3, -0.25) is 9.78 Å². The number of piperidine rings is 1. The molecule has 0 unspecified atom stereocenters. The third kappa shape index (κ3) is 4.56. The van der Waals surface area contributed by atoms with Crippen molar-refractivity contribution in [2.45, 2.75) is 30.5 Å². The number of thioether (sulfide) groups is 1. The number of aromatic nitrogens is 5. The van der Waals surface area contributed by atoms with E-state index in [-0.39, 0.29) is 11.8 Å². The van der Waals surface area contributed by atoms with E-state index in [9.17, 15) is 4.79 Å². The van der Waals surface area contributed by atoms with Crippen molar-refractivity contribution in [2.24, 2.45) is 0 Å². The minimum atomic E-state index is 0.132. The van der Waals surface area contributed by atoms with Gasteiger partial charge in [-0.05, 0) is 30.5 Å². The first kappa shape index (κ1) is 18.6. The van der Waals surface area contributed by atoms with Crippen molar-refractivity contribution < 1.29 is 4.79 Å². The molecule has 1 aliphatic heterocycles. The molecule has 0 spiro atoms. The van der Waals surface area contributed by atoms with Gasteiger partial charge in [0.15, 0.2) is 5.16 Å². The Labute approximate surface area is 168 Å². The van der Waals surface area contributed by atoms with E-state index in [1.54, 1.807) is 24.7 Å². The zero-order valence-corrected chi connectivity index (χ0v) is 16.3. The highest BCUT2D eigenvalue weighted by molar-refractivity contribution is 7.99.